The molecule has 0 atom stereocenters. The van der Waals surface area contributed by atoms with Crippen LogP contribution in [0.3, 0.4) is 0 Å². The second-order valence-corrected chi connectivity index (χ2v) is 6.22. The predicted molar refractivity (Wildman–Crippen MR) is 106 cm³/mol. The van der Waals surface area contributed by atoms with E-state index in [2.05, 4.69) is 9.97 Å². The van der Waals surface area contributed by atoms with Gasteiger partial charge < -0.3 is 9.55 Å². The third-order valence-corrected chi connectivity index (χ3v) is 4.30. The van der Waals surface area contributed by atoms with Gasteiger partial charge in [0.25, 0.3) is 5.56 Å². The molecule has 0 spiro atoms. The lowest BCUT2D eigenvalue weighted by molar-refractivity contribution is 0.760. The number of H-pyrrole nitrogens is 1. The summed E-state index contributed by atoms with van der Waals surface area (Å²) in [5, 5.41) is 0. The number of nitrogens with one attached hydrogen (secondary N) is 1. The number of aromatic nitrogens is 3. The summed E-state index contributed by atoms with van der Waals surface area (Å²) < 4.78 is 1.63. The summed E-state index contributed by atoms with van der Waals surface area (Å²) in [5.41, 5.74) is 3.34. The van der Waals surface area contributed by atoms with Gasteiger partial charge in [-0.25, -0.2) is 4.79 Å². The Labute approximate surface area is 155 Å². The van der Waals surface area contributed by atoms with E-state index in [1.165, 1.54) is 6.07 Å². The van der Waals surface area contributed by atoms with Crippen LogP contribution in [-0.2, 0) is 6.54 Å². The molecule has 0 aliphatic heterocycles. The van der Waals surface area contributed by atoms with Gasteiger partial charge in [-0.3, -0.25) is 4.79 Å². The number of pyridine rings is 1. The molecule has 27 heavy (non-hydrogen) atoms. The highest BCUT2D eigenvalue weighted by Gasteiger charge is 2.07. The van der Waals surface area contributed by atoms with Crippen LogP contribution in [0.25, 0.3) is 22.5 Å². The van der Waals surface area contributed by atoms with E-state index in [1.807, 2.05) is 66.7 Å². The molecule has 2 aromatic heterocycles. The molecule has 1 N–H and O–H groups in total. The fourth-order valence-electron chi connectivity index (χ4n) is 2.96. The molecule has 2 heterocycles. The lowest BCUT2D eigenvalue weighted by atomic mass is 10.1. The molecule has 5 heteroatoms. The zero-order valence-electron chi connectivity index (χ0n) is 14.5. The van der Waals surface area contributed by atoms with Crippen LogP contribution in [0.4, 0.5) is 0 Å². The molecule has 0 amide bonds. The summed E-state index contributed by atoms with van der Waals surface area (Å²) >= 11 is 0. The molecule has 0 fully saturated rings. The molecule has 0 aliphatic rings. The minimum Gasteiger partial charge on any atom is -0.310 e. The molecule has 0 aliphatic carbocycles. The number of aromatic amines is 1. The zero-order valence-corrected chi connectivity index (χ0v) is 14.5. The van der Waals surface area contributed by atoms with Crippen LogP contribution in [0.15, 0.2) is 94.6 Å². The molecule has 0 bridgehead atoms. The van der Waals surface area contributed by atoms with Crippen LogP contribution in [0.2, 0.25) is 0 Å². The molecule has 0 unspecified atom stereocenters. The Bertz CT molecular complexity index is 1180. The van der Waals surface area contributed by atoms with Gasteiger partial charge in [-0.1, -0.05) is 60.7 Å². The van der Waals surface area contributed by atoms with Crippen molar-refractivity contribution >= 4 is 0 Å². The summed E-state index contributed by atoms with van der Waals surface area (Å²) in [5.74, 6) is 0. The van der Waals surface area contributed by atoms with Crippen molar-refractivity contribution in [2.75, 3.05) is 0 Å². The van der Waals surface area contributed by atoms with E-state index in [0.717, 1.165) is 16.7 Å². The highest BCUT2D eigenvalue weighted by molar-refractivity contribution is 5.66. The smallest absolute Gasteiger partial charge is 0.310 e. The summed E-state index contributed by atoms with van der Waals surface area (Å²) in [6.45, 7) is 0.467. The Morgan fingerprint density at radius 3 is 2.26 bits per heavy atom. The van der Waals surface area contributed by atoms with Crippen LogP contribution in [-0.4, -0.2) is 14.5 Å². The first-order valence-corrected chi connectivity index (χ1v) is 8.61. The zero-order chi connectivity index (χ0) is 18.6. The Morgan fingerprint density at radius 1 is 0.815 bits per heavy atom. The lowest BCUT2D eigenvalue weighted by Crippen LogP contribution is -2.19. The summed E-state index contributed by atoms with van der Waals surface area (Å²) in [6, 6.07) is 24.3. The van der Waals surface area contributed by atoms with E-state index < -0.39 is 5.69 Å². The van der Waals surface area contributed by atoms with Gasteiger partial charge in [0.15, 0.2) is 0 Å². The van der Waals surface area contributed by atoms with Gasteiger partial charge in [0.2, 0.25) is 0 Å². The van der Waals surface area contributed by atoms with Crippen molar-refractivity contribution < 1.29 is 0 Å². The second-order valence-electron chi connectivity index (χ2n) is 6.22. The van der Waals surface area contributed by atoms with E-state index in [-0.39, 0.29) is 5.56 Å². The van der Waals surface area contributed by atoms with Crippen LogP contribution in [0.1, 0.15) is 5.56 Å². The molecule has 0 saturated heterocycles. The standard InChI is InChI=1S/C22H17N3O2/c26-21-12-11-18(15-25(21)14-16-7-3-1-4-8-16)20-13-19(23-22(27)24-20)17-9-5-2-6-10-17/h1-13,15H,14H2,(H,23,24,27). The van der Waals surface area contributed by atoms with E-state index in [1.54, 1.807) is 16.8 Å². The van der Waals surface area contributed by atoms with Gasteiger partial charge >= 0.3 is 5.69 Å². The predicted octanol–water partition coefficient (Wildman–Crippen LogP) is 3.31. The maximum Gasteiger partial charge on any atom is 0.345 e. The van der Waals surface area contributed by atoms with Crippen LogP contribution in [0, 0.1) is 0 Å². The van der Waals surface area contributed by atoms with Crippen molar-refractivity contribution in [3.8, 4) is 22.5 Å². The third-order valence-electron chi connectivity index (χ3n) is 4.30. The molecule has 132 valence electrons. The number of hydrogen-bond donors (Lipinski definition) is 1. The molecular formula is C22H17N3O2. The van der Waals surface area contributed by atoms with Crippen molar-refractivity contribution in [3.63, 3.8) is 0 Å². The van der Waals surface area contributed by atoms with Gasteiger partial charge in [0.1, 0.15) is 0 Å². The Kier molecular flexibility index (Phi) is 4.49. The van der Waals surface area contributed by atoms with E-state index >= 15 is 0 Å². The quantitative estimate of drug-likeness (QED) is 0.611. The fraction of sp³-hybridized carbons (Fsp3) is 0.0455. The molecular weight excluding hydrogens is 338 g/mol. The van der Waals surface area contributed by atoms with Gasteiger partial charge in [0.05, 0.1) is 17.9 Å². The van der Waals surface area contributed by atoms with Crippen LogP contribution in [0.5, 0.6) is 0 Å². The van der Waals surface area contributed by atoms with Gasteiger partial charge in [-0.2, -0.15) is 4.98 Å². The molecule has 5 nitrogen and oxygen atoms in total. The maximum atomic E-state index is 12.2. The van der Waals surface area contributed by atoms with E-state index in [4.69, 9.17) is 0 Å². The maximum absolute atomic E-state index is 12.2. The summed E-state index contributed by atoms with van der Waals surface area (Å²) in [6.07, 6.45) is 1.76. The Morgan fingerprint density at radius 2 is 1.52 bits per heavy atom. The van der Waals surface area contributed by atoms with Gasteiger partial charge in [-0.05, 0) is 17.7 Å². The molecule has 0 radical (unpaired) electrons. The Hall–Kier alpha value is -3.73. The number of nitrogens with zero attached hydrogens (tertiary/aromatic N) is 2. The van der Waals surface area contributed by atoms with Gasteiger partial charge in [0, 0.05) is 23.4 Å². The first kappa shape index (κ1) is 16.7. The minimum atomic E-state index is -0.424. The van der Waals surface area contributed by atoms with E-state index in [9.17, 15) is 9.59 Å². The van der Waals surface area contributed by atoms with Crippen molar-refractivity contribution in [2.24, 2.45) is 0 Å². The van der Waals surface area contributed by atoms with Crippen molar-refractivity contribution in [2.45, 2.75) is 6.54 Å². The second kappa shape index (κ2) is 7.25. The van der Waals surface area contributed by atoms with Crippen molar-refractivity contribution in [1.82, 2.24) is 14.5 Å². The van der Waals surface area contributed by atoms with Crippen molar-refractivity contribution in [3.05, 3.63) is 111 Å². The third kappa shape index (κ3) is 3.77. The highest BCUT2D eigenvalue weighted by Crippen LogP contribution is 2.21. The largest absolute Gasteiger partial charge is 0.345 e. The first-order valence-electron chi connectivity index (χ1n) is 8.61. The molecule has 0 saturated carbocycles. The normalized spacial score (nSPS) is 10.7. The first-order chi connectivity index (χ1) is 13.2. The summed E-state index contributed by atoms with van der Waals surface area (Å²) in [4.78, 5) is 31.1. The number of rotatable bonds is 4. The van der Waals surface area contributed by atoms with Crippen molar-refractivity contribution in [1.29, 1.82) is 0 Å². The lowest BCUT2D eigenvalue weighted by Gasteiger charge is -2.09. The number of benzene rings is 2. The van der Waals surface area contributed by atoms with E-state index in [0.29, 0.717) is 17.9 Å². The molecule has 4 aromatic rings. The highest BCUT2D eigenvalue weighted by atomic mass is 16.1. The SMILES string of the molecule is O=c1nc(-c2ccccc2)cc(-c2ccc(=O)n(Cc3ccccc3)c2)[nH]1. The average molecular weight is 355 g/mol. The molecule has 4 rings (SSSR count). The van der Waals surface area contributed by atoms with Crippen LogP contribution < -0.4 is 11.2 Å². The molecule has 2 aromatic carbocycles. The summed E-state index contributed by atoms with van der Waals surface area (Å²) in [7, 11) is 0. The average Bonchev–Trinajstić information content (AvgIpc) is 2.71. The Balaban J connectivity index is 1.76. The topological polar surface area (TPSA) is 67.8 Å². The fourth-order valence-corrected chi connectivity index (χ4v) is 2.96. The van der Waals surface area contributed by atoms with Gasteiger partial charge in [-0.15, -0.1) is 0 Å². The number of hydrogen-bond acceptors (Lipinski definition) is 3. The minimum absolute atomic E-state index is 0.0951. The monoisotopic (exact) mass is 355 g/mol. The van der Waals surface area contributed by atoms with Crippen LogP contribution >= 0.6 is 0 Å².